The Balaban J connectivity index is 2.28. The van der Waals surface area contributed by atoms with Crippen LogP contribution < -0.4 is 0 Å². The van der Waals surface area contributed by atoms with Gasteiger partial charge in [-0.15, -0.1) is 0 Å². The number of rotatable bonds is 3. The number of halogens is 3. The number of Topliss-reactive ketones (excluding diaryl/α,β-unsaturated/α-hetero) is 1. The average molecular weight is 328 g/mol. The fourth-order valence-corrected chi connectivity index (χ4v) is 2.26. The van der Waals surface area contributed by atoms with Crippen molar-refractivity contribution >= 4 is 33.3 Å². The van der Waals surface area contributed by atoms with Crippen molar-refractivity contribution in [2.75, 3.05) is 0 Å². The van der Waals surface area contributed by atoms with Crippen LogP contribution in [0.5, 0.6) is 0 Å². The zero-order valence-electron chi connectivity index (χ0n) is 9.29. The molecule has 0 saturated carbocycles. The van der Waals surface area contributed by atoms with Crippen LogP contribution in [0.1, 0.15) is 15.9 Å². The van der Waals surface area contributed by atoms with E-state index in [0.717, 1.165) is 0 Å². The molecule has 2 aromatic rings. The Morgan fingerprint density at radius 3 is 2.67 bits per heavy atom. The maximum absolute atomic E-state index is 13.5. The number of benzene rings is 2. The van der Waals surface area contributed by atoms with Crippen LogP contribution in [0, 0.1) is 5.82 Å². The molecular formula is C14H9BrClFO. The minimum Gasteiger partial charge on any atom is -0.294 e. The van der Waals surface area contributed by atoms with Crippen molar-refractivity contribution in [2.45, 2.75) is 6.42 Å². The Kier molecular flexibility index (Phi) is 4.15. The summed E-state index contributed by atoms with van der Waals surface area (Å²) >= 11 is 9.14. The van der Waals surface area contributed by atoms with Gasteiger partial charge in [-0.2, -0.15) is 0 Å². The molecule has 2 aromatic carbocycles. The minimum atomic E-state index is -0.371. The van der Waals surface area contributed by atoms with Crippen molar-refractivity contribution in [2.24, 2.45) is 0 Å². The van der Waals surface area contributed by atoms with E-state index in [1.165, 1.54) is 6.07 Å². The molecule has 0 aliphatic carbocycles. The summed E-state index contributed by atoms with van der Waals surface area (Å²) in [5.74, 6) is -0.543. The standard InChI is InChI=1S/C14H9BrClFO/c15-12-6-5-10(16)8-11(12)14(18)7-9-3-1-2-4-13(9)17/h1-6,8H,7H2. The predicted molar refractivity (Wildman–Crippen MR) is 73.6 cm³/mol. The third kappa shape index (κ3) is 2.98. The van der Waals surface area contributed by atoms with E-state index in [-0.39, 0.29) is 18.0 Å². The third-order valence-corrected chi connectivity index (χ3v) is 3.46. The van der Waals surface area contributed by atoms with Gasteiger partial charge in [-0.25, -0.2) is 4.39 Å². The molecular weight excluding hydrogens is 319 g/mol. The van der Waals surface area contributed by atoms with Gasteiger partial charge in [0.25, 0.3) is 0 Å². The Hall–Kier alpha value is -1.19. The normalized spacial score (nSPS) is 10.4. The molecule has 0 heterocycles. The van der Waals surface area contributed by atoms with Gasteiger partial charge in [0, 0.05) is 21.5 Å². The van der Waals surface area contributed by atoms with Gasteiger partial charge in [0.2, 0.25) is 0 Å². The van der Waals surface area contributed by atoms with E-state index in [1.54, 1.807) is 36.4 Å². The second-order valence-corrected chi connectivity index (χ2v) is 5.11. The Morgan fingerprint density at radius 1 is 1.22 bits per heavy atom. The number of carbonyl (C=O) groups excluding carboxylic acids is 1. The fraction of sp³-hybridized carbons (Fsp3) is 0.0714. The van der Waals surface area contributed by atoms with E-state index < -0.39 is 0 Å². The van der Waals surface area contributed by atoms with Gasteiger partial charge < -0.3 is 0 Å². The largest absolute Gasteiger partial charge is 0.294 e. The zero-order valence-corrected chi connectivity index (χ0v) is 11.6. The summed E-state index contributed by atoms with van der Waals surface area (Å²) < 4.78 is 14.1. The van der Waals surface area contributed by atoms with E-state index in [9.17, 15) is 9.18 Å². The molecule has 0 spiro atoms. The second-order valence-electron chi connectivity index (χ2n) is 3.82. The SMILES string of the molecule is O=C(Cc1ccccc1F)c1cc(Cl)ccc1Br. The van der Waals surface area contributed by atoms with Crippen LogP contribution in [0.3, 0.4) is 0 Å². The van der Waals surface area contributed by atoms with Crippen molar-refractivity contribution in [1.82, 2.24) is 0 Å². The first kappa shape index (κ1) is 13.2. The highest BCUT2D eigenvalue weighted by Gasteiger charge is 2.13. The van der Waals surface area contributed by atoms with Crippen molar-refractivity contribution in [3.05, 3.63) is 68.9 Å². The molecule has 1 nitrogen and oxygen atoms in total. The molecule has 0 fully saturated rings. The van der Waals surface area contributed by atoms with Gasteiger partial charge in [0.15, 0.2) is 5.78 Å². The maximum Gasteiger partial charge on any atom is 0.168 e. The van der Waals surface area contributed by atoms with Crippen LogP contribution in [0.25, 0.3) is 0 Å². The first-order valence-corrected chi connectivity index (χ1v) is 6.46. The van der Waals surface area contributed by atoms with Gasteiger partial charge in [0.05, 0.1) is 0 Å². The lowest BCUT2D eigenvalue weighted by Gasteiger charge is -2.05. The summed E-state index contributed by atoms with van der Waals surface area (Å²) in [5, 5.41) is 0.482. The molecule has 0 aliphatic rings. The fourth-order valence-electron chi connectivity index (χ4n) is 1.62. The molecule has 0 radical (unpaired) electrons. The van der Waals surface area contributed by atoms with Gasteiger partial charge in [0.1, 0.15) is 5.82 Å². The van der Waals surface area contributed by atoms with Crippen molar-refractivity contribution in [1.29, 1.82) is 0 Å². The van der Waals surface area contributed by atoms with Gasteiger partial charge in [-0.05, 0) is 29.8 Å². The van der Waals surface area contributed by atoms with Crippen LogP contribution in [0.4, 0.5) is 4.39 Å². The summed E-state index contributed by atoms with van der Waals surface area (Å²) in [5.41, 5.74) is 0.847. The maximum atomic E-state index is 13.5. The monoisotopic (exact) mass is 326 g/mol. The van der Waals surface area contributed by atoms with Crippen molar-refractivity contribution in [3.8, 4) is 0 Å². The topological polar surface area (TPSA) is 17.1 Å². The molecule has 0 amide bonds. The third-order valence-electron chi connectivity index (χ3n) is 2.54. The van der Waals surface area contributed by atoms with Crippen LogP contribution >= 0.6 is 27.5 Å². The van der Waals surface area contributed by atoms with Gasteiger partial charge >= 0.3 is 0 Å². The molecule has 0 aromatic heterocycles. The smallest absolute Gasteiger partial charge is 0.168 e. The quantitative estimate of drug-likeness (QED) is 0.749. The van der Waals surface area contributed by atoms with Gasteiger partial charge in [-0.1, -0.05) is 45.7 Å². The molecule has 0 atom stereocenters. The van der Waals surface area contributed by atoms with Crippen molar-refractivity contribution in [3.63, 3.8) is 0 Å². The molecule has 0 aliphatic heterocycles. The Morgan fingerprint density at radius 2 is 1.94 bits per heavy atom. The summed E-state index contributed by atoms with van der Waals surface area (Å²) in [4.78, 5) is 12.1. The highest BCUT2D eigenvalue weighted by Crippen LogP contribution is 2.23. The lowest BCUT2D eigenvalue weighted by atomic mass is 10.0. The Labute approximate surface area is 118 Å². The molecule has 18 heavy (non-hydrogen) atoms. The van der Waals surface area contributed by atoms with Crippen LogP contribution in [0.2, 0.25) is 5.02 Å². The first-order valence-electron chi connectivity index (χ1n) is 5.29. The highest BCUT2D eigenvalue weighted by atomic mass is 79.9. The summed E-state index contributed by atoms with van der Waals surface area (Å²) in [7, 11) is 0. The lowest BCUT2D eigenvalue weighted by molar-refractivity contribution is 0.0991. The van der Waals surface area contributed by atoms with E-state index in [1.807, 2.05) is 0 Å². The number of hydrogen-bond donors (Lipinski definition) is 0. The number of hydrogen-bond acceptors (Lipinski definition) is 1. The van der Waals surface area contributed by atoms with E-state index in [4.69, 9.17) is 11.6 Å². The summed E-state index contributed by atoms with van der Waals surface area (Å²) in [6.45, 7) is 0. The zero-order chi connectivity index (χ0) is 13.1. The molecule has 0 N–H and O–H groups in total. The van der Waals surface area contributed by atoms with Crippen LogP contribution in [-0.2, 0) is 6.42 Å². The molecule has 2 rings (SSSR count). The summed E-state index contributed by atoms with van der Waals surface area (Å²) in [6.07, 6.45) is 0.0195. The van der Waals surface area contributed by atoms with Crippen LogP contribution in [0.15, 0.2) is 46.9 Å². The van der Waals surface area contributed by atoms with Crippen LogP contribution in [-0.4, -0.2) is 5.78 Å². The molecule has 0 unspecified atom stereocenters. The van der Waals surface area contributed by atoms with E-state index in [0.29, 0.717) is 20.6 Å². The van der Waals surface area contributed by atoms with Crippen molar-refractivity contribution < 1.29 is 9.18 Å². The lowest BCUT2D eigenvalue weighted by Crippen LogP contribution is -2.06. The van der Waals surface area contributed by atoms with E-state index in [2.05, 4.69) is 15.9 Å². The number of ketones is 1. The average Bonchev–Trinajstić information content (AvgIpc) is 2.35. The highest BCUT2D eigenvalue weighted by molar-refractivity contribution is 9.10. The number of carbonyl (C=O) groups is 1. The molecule has 0 bridgehead atoms. The minimum absolute atomic E-state index is 0.0195. The molecule has 0 saturated heterocycles. The van der Waals surface area contributed by atoms with E-state index >= 15 is 0 Å². The Bertz CT molecular complexity index is 598. The van der Waals surface area contributed by atoms with Gasteiger partial charge in [-0.3, -0.25) is 4.79 Å². The predicted octanol–water partition coefficient (Wildman–Crippen LogP) is 4.67. The summed E-state index contributed by atoms with van der Waals surface area (Å²) in [6, 6.07) is 11.2. The molecule has 4 heteroatoms. The second kappa shape index (κ2) is 5.63. The molecule has 92 valence electrons. The first-order chi connectivity index (χ1) is 8.58.